The molecule has 2 heteroatoms. The van der Waals surface area contributed by atoms with Crippen molar-refractivity contribution in [2.45, 2.75) is 51.5 Å². The third kappa shape index (κ3) is 4.44. The highest BCUT2D eigenvalue weighted by molar-refractivity contribution is 5.33. The number of hydrogen-bond donors (Lipinski definition) is 0. The zero-order valence-electron chi connectivity index (χ0n) is 13.7. The van der Waals surface area contributed by atoms with Crippen LogP contribution < -0.4 is 0 Å². The van der Waals surface area contributed by atoms with E-state index in [0.717, 1.165) is 25.9 Å². The van der Waals surface area contributed by atoms with Gasteiger partial charge in [-0.25, -0.2) is 0 Å². The number of benzene rings is 1. The maximum absolute atomic E-state index is 9.61. The van der Waals surface area contributed by atoms with E-state index in [9.17, 15) is 5.26 Å². The molecule has 1 heterocycles. The van der Waals surface area contributed by atoms with Crippen LogP contribution in [0, 0.1) is 11.3 Å². The minimum atomic E-state index is -0.259. The lowest BCUT2D eigenvalue weighted by Crippen LogP contribution is -2.45. The predicted molar refractivity (Wildman–Crippen MR) is 90.2 cm³/mol. The van der Waals surface area contributed by atoms with Crippen LogP contribution >= 0.6 is 0 Å². The molecule has 0 aliphatic carbocycles. The number of rotatable bonds is 3. The second kappa shape index (κ2) is 8.64. The number of hydrogen-bond acceptors (Lipinski definition) is 2. The number of allylic oxidation sites excluding steroid dienone is 1. The summed E-state index contributed by atoms with van der Waals surface area (Å²) in [5, 5.41) is 9.61. The standard InChI is InChI=1S/C16H22N2.C3H6/c1-3-14(2)18-11-9-16(13-17,10-12-18)15-7-5-4-6-8-15;1-3-2/h4-8,14H,3,9-12H2,1-2H3;3H,1H2,2H3. The Morgan fingerprint density at radius 3 is 2.29 bits per heavy atom. The second-order valence-corrected chi connectivity index (χ2v) is 5.76. The first kappa shape index (κ1) is 17.5. The first-order valence-electron chi connectivity index (χ1n) is 7.91. The zero-order chi connectivity index (χ0) is 15.7. The molecule has 1 fully saturated rings. The summed E-state index contributed by atoms with van der Waals surface area (Å²) in [4.78, 5) is 2.51. The summed E-state index contributed by atoms with van der Waals surface area (Å²) in [6.07, 6.45) is 4.85. The van der Waals surface area contributed by atoms with Gasteiger partial charge < -0.3 is 4.90 Å². The molecule has 1 atom stereocenters. The molecular weight excluding hydrogens is 256 g/mol. The largest absolute Gasteiger partial charge is 0.301 e. The Balaban J connectivity index is 0.000000677. The van der Waals surface area contributed by atoms with E-state index in [1.54, 1.807) is 6.08 Å². The molecular formula is C19H28N2. The van der Waals surface area contributed by atoms with Gasteiger partial charge in [0, 0.05) is 19.1 Å². The van der Waals surface area contributed by atoms with E-state index in [0.29, 0.717) is 6.04 Å². The Hall–Kier alpha value is -1.59. The lowest BCUT2D eigenvalue weighted by atomic mass is 9.74. The van der Waals surface area contributed by atoms with Crippen LogP contribution in [0.25, 0.3) is 0 Å². The van der Waals surface area contributed by atoms with Crippen LogP contribution in [0.1, 0.15) is 45.6 Å². The van der Waals surface area contributed by atoms with Crippen molar-refractivity contribution in [3.05, 3.63) is 48.6 Å². The first-order chi connectivity index (χ1) is 10.1. The molecule has 0 N–H and O–H groups in total. The van der Waals surface area contributed by atoms with Crippen LogP contribution in [0.2, 0.25) is 0 Å². The van der Waals surface area contributed by atoms with Crippen molar-refractivity contribution in [3.63, 3.8) is 0 Å². The maximum atomic E-state index is 9.61. The van der Waals surface area contributed by atoms with Gasteiger partial charge in [-0.1, -0.05) is 43.3 Å². The van der Waals surface area contributed by atoms with E-state index in [1.165, 1.54) is 12.0 Å². The van der Waals surface area contributed by atoms with E-state index in [2.05, 4.69) is 43.5 Å². The predicted octanol–water partition coefficient (Wildman–Crippen LogP) is 4.53. The Bertz CT molecular complexity index is 450. The van der Waals surface area contributed by atoms with Gasteiger partial charge in [0.15, 0.2) is 0 Å². The Morgan fingerprint density at radius 1 is 1.33 bits per heavy atom. The minimum Gasteiger partial charge on any atom is -0.301 e. The third-order valence-electron chi connectivity index (χ3n) is 4.41. The summed E-state index contributed by atoms with van der Waals surface area (Å²) in [6, 6.07) is 13.5. The van der Waals surface area contributed by atoms with Crippen LogP contribution in [0.3, 0.4) is 0 Å². The van der Waals surface area contributed by atoms with Crippen LogP contribution in [-0.2, 0) is 5.41 Å². The average Bonchev–Trinajstić information content (AvgIpc) is 2.56. The van der Waals surface area contributed by atoms with Crippen molar-refractivity contribution in [1.82, 2.24) is 4.90 Å². The molecule has 1 aliphatic heterocycles. The molecule has 1 aromatic carbocycles. The first-order valence-corrected chi connectivity index (χ1v) is 7.91. The van der Waals surface area contributed by atoms with E-state index in [4.69, 9.17) is 0 Å². The monoisotopic (exact) mass is 284 g/mol. The summed E-state index contributed by atoms with van der Waals surface area (Å²) in [5.41, 5.74) is 0.932. The van der Waals surface area contributed by atoms with Crippen LogP contribution in [0.5, 0.6) is 0 Å². The fourth-order valence-electron chi connectivity index (χ4n) is 2.83. The molecule has 1 unspecified atom stereocenters. The molecule has 21 heavy (non-hydrogen) atoms. The van der Waals surface area contributed by atoms with Crippen molar-refractivity contribution in [2.24, 2.45) is 0 Å². The van der Waals surface area contributed by atoms with Crippen LogP contribution in [0.15, 0.2) is 43.0 Å². The van der Waals surface area contributed by atoms with Gasteiger partial charge in [-0.05, 0) is 38.7 Å². The lowest BCUT2D eigenvalue weighted by Gasteiger charge is -2.40. The molecule has 0 spiro atoms. The molecule has 2 nitrogen and oxygen atoms in total. The van der Waals surface area contributed by atoms with E-state index in [1.807, 2.05) is 25.1 Å². The van der Waals surface area contributed by atoms with E-state index in [-0.39, 0.29) is 5.41 Å². The summed E-state index contributed by atoms with van der Waals surface area (Å²) in [6.45, 7) is 11.8. The van der Waals surface area contributed by atoms with Gasteiger partial charge in [-0.2, -0.15) is 5.26 Å². The summed E-state index contributed by atoms with van der Waals surface area (Å²) < 4.78 is 0. The molecule has 0 radical (unpaired) electrons. The van der Waals surface area contributed by atoms with Crippen LogP contribution in [-0.4, -0.2) is 24.0 Å². The molecule has 0 saturated carbocycles. The highest BCUT2D eigenvalue weighted by Gasteiger charge is 2.36. The minimum absolute atomic E-state index is 0.259. The molecule has 114 valence electrons. The number of likely N-dealkylation sites (tertiary alicyclic amines) is 1. The normalized spacial score (nSPS) is 18.8. The molecule has 0 aromatic heterocycles. The van der Waals surface area contributed by atoms with Crippen molar-refractivity contribution >= 4 is 0 Å². The Labute approximate surface area is 130 Å². The van der Waals surface area contributed by atoms with Crippen molar-refractivity contribution in [3.8, 4) is 6.07 Å². The van der Waals surface area contributed by atoms with Gasteiger partial charge in [0.05, 0.1) is 11.5 Å². The van der Waals surface area contributed by atoms with Crippen LogP contribution in [0.4, 0.5) is 0 Å². The quantitative estimate of drug-likeness (QED) is 0.762. The number of nitriles is 1. The summed E-state index contributed by atoms with van der Waals surface area (Å²) in [5.74, 6) is 0. The Morgan fingerprint density at radius 2 is 1.86 bits per heavy atom. The van der Waals surface area contributed by atoms with Gasteiger partial charge in [0.1, 0.15) is 0 Å². The summed E-state index contributed by atoms with van der Waals surface area (Å²) >= 11 is 0. The summed E-state index contributed by atoms with van der Waals surface area (Å²) in [7, 11) is 0. The lowest BCUT2D eigenvalue weighted by molar-refractivity contribution is 0.139. The molecule has 1 saturated heterocycles. The highest BCUT2D eigenvalue weighted by atomic mass is 15.2. The molecule has 2 rings (SSSR count). The third-order valence-corrected chi connectivity index (χ3v) is 4.41. The molecule has 1 aliphatic rings. The average molecular weight is 284 g/mol. The van der Waals surface area contributed by atoms with Crippen molar-refractivity contribution in [2.75, 3.05) is 13.1 Å². The second-order valence-electron chi connectivity index (χ2n) is 5.76. The zero-order valence-corrected chi connectivity index (χ0v) is 13.7. The van der Waals surface area contributed by atoms with Crippen molar-refractivity contribution in [1.29, 1.82) is 5.26 Å². The van der Waals surface area contributed by atoms with Gasteiger partial charge >= 0.3 is 0 Å². The van der Waals surface area contributed by atoms with E-state index < -0.39 is 0 Å². The molecule has 1 aromatic rings. The smallest absolute Gasteiger partial charge is 0.0846 e. The SMILES string of the molecule is C=CC.CCC(C)N1CCC(C#N)(c2ccccc2)CC1. The van der Waals surface area contributed by atoms with Gasteiger partial charge in [0.25, 0.3) is 0 Å². The van der Waals surface area contributed by atoms with Gasteiger partial charge in [0.2, 0.25) is 0 Å². The number of nitrogens with zero attached hydrogens (tertiary/aromatic N) is 2. The van der Waals surface area contributed by atoms with E-state index >= 15 is 0 Å². The fraction of sp³-hybridized carbons (Fsp3) is 0.526. The Kier molecular flexibility index (Phi) is 7.19. The maximum Gasteiger partial charge on any atom is 0.0846 e. The molecule has 0 bridgehead atoms. The fourth-order valence-corrected chi connectivity index (χ4v) is 2.83. The number of piperidine rings is 1. The highest BCUT2D eigenvalue weighted by Crippen LogP contribution is 2.35. The van der Waals surface area contributed by atoms with Crippen molar-refractivity contribution < 1.29 is 0 Å². The van der Waals surface area contributed by atoms with Gasteiger partial charge in [-0.15, -0.1) is 6.58 Å². The topological polar surface area (TPSA) is 27.0 Å². The van der Waals surface area contributed by atoms with Gasteiger partial charge in [-0.3, -0.25) is 0 Å². The molecule has 0 amide bonds.